The van der Waals surface area contributed by atoms with Crippen LogP contribution in [0, 0.1) is 0 Å². The molecule has 5 nitrogen and oxygen atoms in total. The van der Waals surface area contributed by atoms with E-state index >= 15 is 0 Å². The number of amides is 1. The van der Waals surface area contributed by atoms with E-state index in [0.717, 1.165) is 28.4 Å². The van der Waals surface area contributed by atoms with Crippen LogP contribution in [0.2, 0.25) is 0 Å². The zero-order valence-corrected chi connectivity index (χ0v) is 14.2. The molecule has 0 bridgehead atoms. The van der Waals surface area contributed by atoms with Gasteiger partial charge in [-0.3, -0.25) is 4.79 Å². The van der Waals surface area contributed by atoms with E-state index in [1.807, 2.05) is 56.3 Å². The van der Waals surface area contributed by atoms with Gasteiger partial charge in [-0.05, 0) is 43.7 Å². The molecule has 1 aliphatic heterocycles. The Morgan fingerprint density at radius 1 is 1.21 bits per heavy atom. The Labute approximate surface area is 142 Å². The SMILES string of the molecule is COc1ccc(CNc2ccc3c(c2)OCC(=O)N3C(C)C)cc1. The van der Waals surface area contributed by atoms with Crippen molar-refractivity contribution in [1.29, 1.82) is 0 Å². The van der Waals surface area contributed by atoms with Crippen LogP contribution in [0.3, 0.4) is 0 Å². The Bertz CT molecular complexity index is 726. The Balaban J connectivity index is 1.73. The molecule has 24 heavy (non-hydrogen) atoms. The van der Waals surface area contributed by atoms with Crippen molar-refractivity contribution in [2.45, 2.75) is 26.4 Å². The van der Waals surface area contributed by atoms with Crippen LogP contribution < -0.4 is 19.7 Å². The summed E-state index contributed by atoms with van der Waals surface area (Å²) >= 11 is 0. The molecule has 1 aliphatic rings. The predicted octanol–water partition coefficient (Wildman–Crippen LogP) is 3.44. The van der Waals surface area contributed by atoms with Crippen molar-refractivity contribution in [2.75, 3.05) is 23.9 Å². The fourth-order valence-corrected chi connectivity index (χ4v) is 2.80. The summed E-state index contributed by atoms with van der Waals surface area (Å²) in [6, 6.07) is 13.9. The minimum atomic E-state index is -0.00329. The number of ether oxygens (including phenoxy) is 2. The molecule has 0 fully saturated rings. The summed E-state index contributed by atoms with van der Waals surface area (Å²) in [5.74, 6) is 1.58. The van der Waals surface area contributed by atoms with Gasteiger partial charge in [0.15, 0.2) is 6.61 Å². The number of anilines is 2. The lowest BCUT2D eigenvalue weighted by molar-refractivity contribution is -0.121. The first-order valence-corrected chi connectivity index (χ1v) is 8.04. The van der Waals surface area contributed by atoms with E-state index in [9.17, 15) is 4.79 Å². The average molecular weight is 326 g/mol. The number of carbonyl (C=O) groups is 1. The second-order valence-corrected chi connectivity index (χ2v) is 6.03. The summed E-state index contributed by atoms with van der Waals surface area (Å²) in [5, 5.41) is 3.38. The van der Waals surface area contributed by atoms with Gasteiger partial charge in [0.1, 0.15) is 11.5 Å². The molecule has 126 valence electrons. The van der Waals surface area contributed by atoms with Crippen LogP contribution in [0.4, 0.5) is 11.4 Å². The molecule has 3 rings (SSSR count). The minimum absolute atomic E-state index is 0.00329. The fraction of sp³-hybridized carbons (Fsp3) is 0.316. The second kappa shape index (κ2) is 6.83. The number of nitrogens with zero attached hydrogens (tertiary/aromatic N) is 1. The van der Waals surface area contributed by atoms with Crippen LogP contribution in [0.25, 0.3) is 0 Å². The van der Waals surface area contributed by atoms with Crippen molar-refractivity contribution in [2.24, 2.45) is 0 Å². The Kier molecular flexibility index (Phi) is 4.60. The van der Waals surface area contributed by atoms with Crippen LogP contribution >= 0.6 is 0 Å². The maximum atomic E-state index is 12.0. The largest absolute Gasteiger partial charge is 0.497 e. The first kappa shape index (κ1) is 16.2. The van der Waals surface area contributed by atoms with E-state index in [1.165, 1.54) is 0 Å². The van der Waals surface area contributed by atoms with Crippen molar-refractivity contribution in [3.63, 3.8) is 0 Å². The molecule has 0 atom stereocenters. The smallest absolute Gasteiger partial charge is 0.265 e. The van der Waals surface area contributed by atoms with Gasteiger partial charge in [0.25, 0.3) is 5.91 Å². The van der Waals surface area contributed by atoms with E-state index < -0.39 is 0 Å². The number of carbonyl (C=O) groups excluding carboxylic acids is 1. The zero-order chi connectivity index (χ0) is 17.1. The summed E-state index contributed by atoms with van der Waals surface area (Å²) in [5.41, 5.74) is 2.95. The monoisotopic (exact) mass is 326 g/mol. The normalized spacial score (nSPS) is 13.5. The number of fused-ring (bicyclic) bond motifs is 1. The van der Waals surface area contributed by atoms with Gasteiger partial charge in [0, 0.05) is 24.3 Å². The van der Waals surface area contributed by atoms with Gasteiger partial charge in [-0.15, -0.1) is 0 Å². The van der Waals surface area contributed by atoms with Crippen LogP contribution in [0.1, 0.15) is 19.4 Å². The molecule has 5 heteroatoms. The lowest BCUT2D eigenvalue weighted by Crippen LogP contribution is -2.43. The van der Waals surface area contributed by atoms with Crippen LogP contribution in [-0.4, -0.2) is 25.7 Å². The molecule has 0 unspecified atom stereocenters. The number of methoxy groups -OCH3 is 1. The third-order valence-corrected chi connectivity index (χ3v) is 4.01. The highest BCUT2D eigenvalue weighted by molar-refractivity contribution is 5.98. The van der Waals surface area contributed by atoms with Gasteiger partial charge in [0.05, 0.1) is 12.8 Å². The molecular weight excluding hydrogens is 304 g/mol. The first-order valence-electron chi connectivity index (χ1n) is 8.04. The third kappa shape index (κ3) is 3.30. The molecule has 2 aromatic rings. The van der Waals surface area contributed by atoms with Gasteiger partial charge in [-0.2, -0.15) is 0 Å². The minimum Gasteiger partial charge on any atom is -0.497 e. The highest BCUT2D eigenvalue weighted by atomic mass is 16.5. The van der Waals surface area contributed by atoms with E-state index in [1.54, 1.807) is 12.0 Å². The molecule has 0 saturated carbocycles. The third-order valence-electron chi connectivity index (χ3n) is 4.01. The number of hydrogen-bond donors (Lipinski definition) is 1. The average Bonchev–Trinajstić information content (AvgIpc) is 2.60. The molecule has 0 saturated heterocycles. The molecular formula is C19H22N2O3. The zero-order valence-electron chi connectivity index (χ0n) is 14.2. The van der Waals surface area contributed by atoms with E-state index in [2.05, 4.69) is 5.32 Å². The van der Waals surface area contributed by atoms with Crippen LogP contribution in [0.5, 0.6) is 11.5 Å². The number of hydrogen-bond acceptors (Lipinski definition) is 4. The molecule has 1 heterocycles. The molecule has 0 spiro atoms. The first-order chi connectivity index (χ1) is 11.6. The topological polar surface area (TPSA) is 50.8 Å². The van der Waals surface area contributed by atoms with Gasteiger partial charge in [-0.1, -0.05) is 12.1 Å². The van der Waals surface area contributed by atoms with Crippen LogP contribution in [-0.2, 0) is 11.3 Å². The Hall–Kier alpha value is -2.69. The van der Waals surface area contributed by atoms with Crippen molar-refractivity contribution in [3.8, 4) is 11.5 Å². The maximum Gasteiger partial charge on any atom is 0.265 e. The summed E-state index contributed by atoms with van der Waals surface area (Å²) in [6.07, 6.45) is 0. The predicted molar refractivity (Wildman–Crippen MR) is 94.9 cm³/mol. The maximum absolute atomic E-state index is 12.0. The quantitative estimate of drug-likeness (QED) is 0.914. The second-order valence-electron chi connectivity index (χ2n) is 6.03. The van der Waals surface area contributed by atoms with Crippen molar-refractivity contribution >= 4 is 17.3 Å². The number of benzene rings is 2. The molecule has 2 aromatic carbocycles. The fourth-order valence-electron chi connectivity index (χ4n) is 2.80. The lowest BCUT2D eigenvalue weighted by Gasteiger charge is -2.32. The molecule has 0 aliphatic carbocycles. The van der Waals surface area contributed by atoms with E-state index in [-0.39, 0.29) is 18.6 Å². The number of rotatable bonds is 5. The Morgan fingerprint density at radius 2 is 1.96 bits per heavy atom. The van der Waals surface area contributed by atoms with Gasteiger partial charge in [0.2, 0.25) is 0 Å². The van der Waals surface area contributed by atoms with Crippen molar-refractivity contribution < 1.29 is 14.3 Å². The molecule has 1 amide bonds. The van der Waals surface area contributed by atoms with Gasteiger partial charge < -0.3 is 19.7 Å². The summed E-state index contributed by atoms with van der Waals surface area (Å²) in [4.78, 5) is 13.8. The van der Waals surface area contributed by atoms with Crippen molar-refractivity contribution in [1.82, 2.24) is 0 Å². The lowest BCUT2D eigenvalue weighted by atomic mass is 10.1. The number of nitrogens with one attached hydrogen (secondary N) is 1. The molecule has 0 radical (unpaired) electrons. The van der Waals surface area contributed by atoms with Gasteiger partial charge >= 0.3 is 0 Å². The summed E-state index contributed by atoms with van der Waals surface area (Å²) < 4.78 is 10.8. The van der Waals surface area contributed by atoms with E-state index in [0.29, 0.717) is 6.54 Å². The molecule has 1 N–H and O–H groups in total. The van der Waals surface area contributed by atoms with Crippen LogP contribution in [0.15, 0.2) is 42.5 Å². The molecule has 0 aromatic heterocycles. The standard InChI is InChI=1S/C19H22N2O3/c1-13(2)21-17-9-6-15(10-18(17)24-12-19(21)22)20-11-14-4-7-16(23-3)8-5-14/h4-10,13,20H,11-12H2,1-3H3. The van der Waals surface area contributed by atoms with Crippen molar-refractivity contribution in [3.05, 3.63) is 48.0 Å². The summed E-state index contributed by atoms with van der Waals surface area (Å²) in [7, 11) is 1.66. The highest BCUT2D eigenvalue weighted by Crippen LogP contribution is 2.35. The summed E-state index contributed by atoms with van der Waals surface area (Å²) in [6.45, 7) is 4.80. The van der Waals surface area contributed by atoms with Gasteiger partial charge in [-0.25, -0.2) is 0 Å². The van der Waals surface area contributed by atoms with E-state index in [4.69, 9.17) is 9.47 Å². The Morgan fingerprint density at radius 3 is 2.62 bits per heavy atom. The highest BCUT2D eigenvalue weighted by Gasteiger charge is 2.27.